The Morgan fingerprint density at radius 1 is 1.33 bits per heavy atom. The first-order valence-corrected chi connectivity index (χ1v) is 8.48. The summed E-state index contributed by atoms with van der Waals surface area (Å²) >= 11 is 1.60. The van der Waals surface area contributed by atoms with E-state index < -0.39 is 0 Å². The molecule has 3 aromatic rings. The molecule has 1 N–H and O–H groups in total. The largest absolute Gasteiger partial charge is 0.487 e. The van der Waals surface area contributed by atoms with Gasteiger partial charge in [0.2, 0.25) is 0 Å². The lowest BCUT2D eigenvalue weighted by atomic mass is 10.2. The predicted molar refractivity (Wildman–Crippen MR) is 92.2 cm³/mol. The summed E-state index contributed by atoms with van der Waals surface area (Å²) in [5.41, 5.74) is 1.48. The molecular weight excluding hydrogens is 324 g/mol. The Kier molecular flexibility index (Phi) is 4.96. The van der Waals surface area contributed by atoms with Gasteiger partial charge in [-0.15, -0.1) is 11.3 Å². The molecule has 3 rings (SSSR count). The number of rotatable bonds is 6. The van der Waals surface area contributed by atoms with E-state index in [9.17, 15) is 4.79 Å². The van der Waals surface area contributed by atoms with Crippen LogP contribution in [0.3, 0.4) is 0 Å². The zero-order chi connectivity index (χ0) is 16.9. The average Bonchev–Trinajstić information content (AvgIpc) is 3.25. The van der Waals surface area contributed by atoms with Crippen LogP contribution in [0.1, 0.15) is 39.8 Å². The predicted octanol–water partition coefficient (Wildman–Crippen LogP) is 4.11. The van der Waals surface area contributed by atoms with E-state index in [-0.39, 0.29) is 11.9 Å². The number of aromatic nitrogens is 1. The number of nitrogens with one attached hydrogen (secondary N) is 1. The van der Waals surface area contributed by atoms with Crippen LogP contribution in [0.2, 0.25) is 0 Å². The fourth-order valence-electron chi connectivity index (χ4n) is 2.22. The summed E-state index contributed by atoms with van der Waals surface area (Å²) in [4.78, 5) is 16.6. The lowest BCUT2D eigenvalue weighted by molar-refractivity contribution is 0.0935. The molecule has 0 radical (unpaired) electrons. The second-order valence-electron chi connectivity index (χ2n) is 5.38. The van der Waals surface area contributed by atoms with E-state index in [0.717, 1.165) is 16.5 Å². The highest BCUT2D eigenvalue weighted by Crippen LogP contribution is 2.17. The maximum Gasteiger partial charge on any atom is 0.251 e. The Balaban J connectivity index is 1.56. The summed E-state index contributed by atoms with van der Waals surface area (Å²) in [6, 6.07) is 10.5. The number of aryl methyl sites for hydroxylation is 1. The van der Waals surface area contributed by atoms with Gasteiger partial charge in [-0.25, -0.2) is 4.98 Å². The van der Waals surface area contributed by atoms with E-state index in [1.807, 2.05) is 25.3 Å². The normalized spacial score (nSPS) is 11.9. The van der Waals surface area contributed by atoms with E-state index in [1.165, 1.54) is 0 Å². The number of ether oxygens (including phenoxy) is 1. The van der Waals surface area contributed by atoms with Gasteiger partial charge in [-0.1, -0.05) is 0 Å². The number of benzene rings is 1. The number of hydrogen-bond donors (Lipinski definition) is 1. The third kappa shape index (κ3) is 4.02. The fraction of sp³-hybridized carbons (Fsp3) is 0.222. The summed E-state index contributed by atoms with van der Waals surface area (Å²) in [6.07, 6.45) is 1.59. The zero-order valence-electron chi connectivity index (χ0n) is 13.5. The second-order valence-corrected chi connectivity index (χ2v) is 6.44. The third-order valence-electron chi connectivity index (χ3n) is 3.49. The minimum atomic E-state index is -0.184. The maximum absolute atomic E-state index is 12.2. The van der Waals surface area contributed by atoms with E-state index in [4.69, 9.17) is 9.15 Å². The van der Waals surface area contributed by atoms with Crippen LogP contribution < -0.4 is 10.1 Å². The van der Waals surface area contributed by atoms with Gasteiger partial charge in [0.25, 0.3) is 5.91 Å². The van der Waals surface area contributed by atoms with Crippen LogP contribution in [0, 0.1) is 6.92 Å². The van der Waals surface area contributed by atoms with Gasteiger partial charge < -0.3 is 14.5 Å². The van der Waals surface area contributed by atoms with Crippen molar-refractivity contribution < 1.29 is 13.9 Å². The lowest BCUT2D eigenvalue weighted by Crippen LogP contribution is -2.26. The molecular formula is C18H18N2O3S. The first kappa shape index (κ1) is 16.3. The molecule has 0 unspecified atom stereocenters. The molecule has 0 saturated heterocycles. The van der Waals surface area contributed by atoms with Crippen molar-refractivity contribution in [2.45, 2.75) is 26.5 Å². The van der Waals surface area contributed by atoms with Gasteiger partial charge in [-0.2, -0.15) is 0 Å². The van der Waals surface area contributed by atoms with Crippen molar-refractivity contribution in [2.75, 3.05) is 0 Å². The molecule has 2 aromatic heterocycles. The Labute approximate surface area is 144 Å². The van der Waals surface area contributed by atoms with Gasteiger partial charge in [0.05, 0.1) is 23.0 Å². The number of thiazole rings is 1. The van der Waals surface area contributed by atoms with Gasteiger partial charge >= 0.3 is 0 Å². The van der Waals surface area contributed by atoms with Crippen molar-refractivity contribution in [3.63, 3.8) is 0 Å². The topological polar surface area (TPSA) is 64.4 Å². The Morgan fingerprint density at radius 2 is 2.12 bits per heavy atom. The molecule has 0 spiro atoms. The molecule has 0 bridgehead atoms. The van der Waals surface area contributed by atoms with Crippen molar-refractivity contribution >= 4 is 17.2 Å². The molecule has 124 valence electrons. The summed E-state index contributed by atoms with van der Waals surface area (Å²) < 4.78 is 11.0. The smallest absolute Gasteiger partial charge is 0.251 e. The Morgan fingerprint density at radius 3 is 2.75 bits per heavy atom. The van der Waals surface area contributed by atoms with Crippen LogP contribution in [-0.4, -0.2) is 10.9 Å². The van der Waals surface area contributed by atoms with Crippen LogP contribution in [0.15, 0.2) is 52.5 Å². The first-order chi connectivity index (χ1) is 11.6. The van der Waals surface area contributed by atoms with Crippen molar-refractivity contribution in [3.8, 4) is 5.75 Å². The van der Waals surface area contributed by atoms with Crippen molar-refractivity contribution in [1.82, 2.24) is 10.3 Å². The van der Waals surface area contributed by atoms with E-state index in [1.54, 1.807) is 47.9 Å². The summed E-state index contributed by atoms with van der Waals surface area (Å²) in [5.74, 6) is 1.28. The first-order valence-electron chi connectivity index (χ1n) is 7.60. The highest BCUT2D eigenvalue weighted by atomic mass is 32.1. The van der Waals surface area contributed by atoms with Gasteiger partial charge in [0, 0.05) is 10.9 Å². The van der Waals surface area contributed by atoms with Gasteiger partial charge in [-0.3, -0.25) is 4.79 Å². The van der Waals surface area contributed by atoms with E-state index >= 15 is 0 Å². The van der Waals surface area contributed by atoms with Crippen molar-refractivity contribution in [2.24, 2.45) is 0 Å². The molecule has 0 aliphatic carbocycles. The summed E-state index contributed by atoms with van der Waals surface area (Å²) in [5, 5.41) is 5.90. The van der Waals surface area contributed by atoms with E-state index in [0.29, 0.717) is 17.9 Å². The monoisotopic (exact) mass is 342 g/mol. The number of carbonyl (C=O) groups excluding carboxylic acids is 1. The molecule has 1 amide bonds. The SMILES string of the molecule is Cc1nc(COc2ccc(C(=O)N[C@@H](C)c3ccco3)cc2)cs1. The van der Waals surface area contributed by atoms with Crippen molar-refractivity contribution in [1.29, 1.82) is 0 Å². The second kappa shape index (κ2) is 7.31. The number of nitrogens with zero attached hydrogens (tertiary/aromatic N) is 1. The number of hydrogen-bond acceptors (Lipinski definition) is 5. The summed E-state index contributed by atoms with van der Waals surface area (Å²) in [6.45, 7) is 4.26. The Hall–Kier alpha value is -2.60. The highest BCUT2D eigenvalue weighted by molar-refractivity contribution is 7.09. The molecule has 1 atom stereocenters. The Bertz CT molecular complexity index is 794. The molecule has 5 nitrogen and oxygen atoms in total. The van der Waals surface area contributed by atoms with Crippen LogP contribution in [0.4, 0.5) is 0 Å². The van der Waals surface area contributed by atoms with Crippen LogP contribution >= 0.6 is 11.3 Å². The quantitative estimate of drug-likeness (QED) is 0.732. The zero-order valence-corrected chi connectivity index (χ0v) is 14.3. The van der Waals surface area contributed by atoms with Crippen LogP contribution in [0.25, 0.3) is 0 Å². The van der Waals surface area contributed by atoms with Crippen LogP contribution in [-0.2, 0) is 6.61 Å². The molecule has 6 heteroatoms. The van der Waals surface area contributed by atoms with Gasteiger partial charge in [0.1, 0.15) is 18.1 Å². The number of amides is 1. The molecule has 0 aliphatic heterocycles. The molecule has 24 heavy (non-hydrogen) atoms. The molecule has 0 aliphatic rings. The fourth-order valence-corrected chi connectivity index (χ4v) is 2.82. The lowest BCUT2D eigenvalue weighted by Gasteiger charge is -2.12. The van der Waals surface area contributed by atoms with Crippen LogP contribution in [0.5, 0.6) is 5.75 Å². The third-order valence-corrected chi connectivity index (χ3v) is 4.31. The number of furan rings is 1. The highest BCUT2D eigenvalue weighted by Gasteiger charge is 2.13. The summed E-state index contributed by atoms with van der Waals surface area (Å²) in [7, 11) is 0. The van der Waals surface area contributed by atoms with Gasteiger partial charge in [-0.05, 0) is 50.2 Å². The molecule has 1 aromatic carbocycles. The number of carbonyl (C=O) groups is 1. The minimum absolute atomic E-state index is 0.152. The molecule has 2 heterocycles. The standard InChI is InChI=1S/C18H18N2O3S/c1-12(17-4-3-9-22-17)19-18(21)14-5-7-16(8-6-14)23-10-15-11-24-13(2)20-15/h3-9,11-12H,10H2,1-2H3,(H,19,21)/t12-/m0/s1. The minimum Gasteiger partial charge on any atom is -0.487 e. The van der Waals surface area contributed by atoms with E-state index in [2.05, 4.69) is 10.3 Å². The van der Waals surface area contributed by atoms with Crippen molar-refractivity contribution in [3.05, 3.63) is 70.1 Å². The average molecular weight is 342 g/mol. The maximum atomic E-state index is 12.2. The molecule has 0 fully saturated rings. The van der Waals surface area contributed by atoms with Gasteiger partial charge in [0.15, 0.2) is 0 Å². The molecule has 0 saturated carbocycles.